The van der Waals surface area contributed by atoms with Gasteiger partial charge in [-0.2, -0.15) is 8.78 Å². The summed E-state index contributed by atoms with van der Waals surface area (Å²) in [6.07, 6.45) is 13.5. The minimum absolute atomic E-state index is 0.00288. The second kappa shape index (κ2) is 16.5. The third kappa shape index (κ3) is 10.6. The molecule has 8 nitrogen and oxygen atoms in total. The second-order valence-electron chi connectivity index (χ2n) is 11.0. The van der Waals surface area contributed by atoms with Gasteiger partial charge in [0.2, 0.25) is 0 Å². The zero-order valence-corrected chi connectivity index (χ0v) is 24.6. The summed E-state index contributed by atoms with van der Waals surface area (Å²) in [5.74, 6) is -2.40. The van der Waals surface area contributed by atoms with Crippen LogP contribution in [0.2, 0.25) is 0 Å². The maximum atomic E-state index is 15.7. The molecule has 2 rings (SSSR count). The van der Waals surface area contributed by atoms with E-state index in [-0.39, 0.29) is 41.3 Å². The second-order valence-corrected chi connectivity index (χ2v) is 11.0. The number of rotatable bonds is 14. The first-order valence-electron chi connectivity index (χ1n) is 14.4. The van der Waals surface area contributed by atoms with Gasteiger partial charge in [0.1, 0.15) is 6.23 Å². The van der Waals surface area contributed by atoms with Crippen molar-refractivity contribution in [3.63, 3.8) is 0 Å². The molecule has 2 fully saturated rings. The molecule has 2 saturated carbocycles. The molecule has 0 heterocycles. The van der Waals surface area contributed by atoms with Crippen LogP contribution in [0, 0.1) is 17.2 Å². The number of nitrogens with two attached hydrogens (primary N) is 2. The number of aliphatic hydroxyl groups is 1. The molecule has 10 heteroatoms. The minimum Gasteiger partial charge on any atom is -0.386 e. The van der Waals surface area contributed by atoms with Crippen LogP contribution >= 0.6 is 0 Å². The van der Waals surface area contributed by atoms with E-state index in [1.165, 1.54) is 32.5 Å². The maximum absolute atomic E-state index is 15.7. The molecular formula is C30H49F2N7O. The van der Waals surface area contributed by atoms with Gasteiger partial charge in [0.05, 0.1) is 18.0 Å². The molecule has 2 aliphatic carbocycles. The Morgan fingerprint density at radius 3 is 2.45 bits per heavy atom. The van der Waals surface area contributed by atoms with Crippen molar-refractivity contribution in [3.05, 3.63) is 41.4 Å². The monoisotopic (exact) mass is 561 g/mol. The number of aliphatic hydroxyl groups excluding tert-OH is 1. The Morgan fingerprint density at radius 2 is 1.90 bits per heavy atom. The summed E-state index contributed by atoms with van der Waals surface area (Å²) in [6.45, 7) is 5.12. The highest BCUT2D eigenvalue weighted by Gasteiger charge is 2.36. The summed E-state index contributed by atoms with van der Waals surface area (Å²) in [6, 6.07) is 0.145. The number of aliphatic imine (C=N–C) groups is 2. The molecule has 1 unspecified atom stereocenters. The molecule has 0 aliphatic heterocycles. The fourth-order valence-electron chi connectivity index (χ4n) is 5.02. The van der Waals surface area contributed by atoms with Crippen LogP contribution in [0.3, 0.4) is 0 Å². The van der Waals surface area contributed by atoms with E-state index in [4.69, 9.17) is 16.9 Å². The van der Waals surface area contributed by atoms with E-state index < -0.39 is 18.7 Å². The Hall–Kier alpha value is -2.81. The lowest BCUT2D eigenvalue weighted by atomic mass is 9.80. The lowest BCUT2D eigenvalue weighted by Crippen LogP contribution is -2.45. The topological polar surface area (TPSA) is 136 Å². The normalized spacial score (nSPS) is 19.8. The average molecular weight is 562 g/mol. The molecule has 0 amide bonds. The van der Waals surface area contributed by atoms with Crippen molar-refractivity contribution in [2.75, 3.05) is 20.1 Å². The van der Waals surface area contributed by atoms with Gasteiger partial charge < -0.3 is 32.2 Å². The Morgan fingerprint density at radius 1 is 1.23 bits per heavy atom. The summed E-state index contributed by atoms with van der Waals surface area (Å²) >= 11 is 0. The van der Waals surface area contributed by atoms with Gasteiger partial charge in [0, 0.05) is 32.3 Å². The Labute approximate surface area is 238 Å². The average Bonchev–Trinajstić information content (AvgIpc) is 2.86. The first-order chi connectivity index (χ1) is 19.0. The fourth-order valence-corrected chi connectivity index (χ4v) is 5.02. The minimum atomic E-state index is -3.14. The van der Waals surface area contributed by atoms with Gasteiger partial charge in [-0.25, -0.2) is 4.99 Å². The molecule has 0 bridgehead atoms. The largest absolute Gasteiger partial charge is 0.386 e. The lowest BCUT2D eigenvalue weighted by molar-refractivity contribution is 0.00849. The molecule has 40 heavy (non-hydrogen) atoms. The summed E-state index contributed by atoms with van der Waals surface area (Å²) in [5.41, 5.74) is 15.0. The summed E-state index contributed by atoms with van der Waals surface area (Å²) in [4.78, 5) is 10.1. The molecule has 2 atom stereocenters. The predicted octanol–water partition coefficient (Wildman–Crippen LogP) is 4.87. The molecule has 0 aromatic rings. The summed E-state index contributed by atoms with van der Waals surface area (Å²) < 4.78 is 31.3. The molecule has 0 aromatic heterocycles. The number of nitrogens with one attached hydrogen (secondary N) is 2. The van der Waals surface area contributed by atoms with E-state index in [0.717, 1.165) is 44.9 Å². The highest BCUT2D eigenvalue weighted by atomic mass is 19.3. The number of nitrogens with zero attached hydrogens (tertiary/aromatic N) is 3. The lowest BCUT2D eigenvalue weighted by Gasteiger charge is -2.36. The first kappa shape index (κ1) is 33.4. The van der Waals surface area contributed by atoms with E-state index in [1.54, 1.807) is 24.1 Å². The van der Waals surface area contributed by atoms with Crippen molar-refractivity contribution in [1.29, 1.82) is 5.41 Å². The standard InChI is InChI=1S/C30H49F2N7O/c1-5-6-8-12-21(2)30(31,32)20-39(19-23-13-9-7-10-14-23)26(18-37-22(3)24-15-11-16-24)28(35)38-29(36-4)25(33)17-27(34)40/h5,8,12,18,22-24,27,33,37,40H,7,9-11,13-17,19-20,34H2,1-4H3,(H2,35,36,38)/b21-12+,26-18-,33-25?/t6?,22-,27?/m1/s1. The highest BCUT2D eigenvalue weighted by Crippen LogP contribution is 2.31. The van der Waals surface area contributed by atoms with Gasteiger partial charge in [-0.1, -0.05) is 25.7 Å². The number of hydrogen-bond donors (Lipinski definition) is 5. The maximum Gasteiger partial charge on any atom is 0.286 e. The van der Waals surface area contributed by atoms with Crippen molar-refractivity contribution >= 4 is 17.4 Å². The van der Waals surface area contributed by atoms with Crippen LogP contribution in [-0.2, 0) is 0 Å². The van der Waals surface area contributed by atoms with Crippen molar-refractivity contribution in [2.45, 2.75) is 96.8 Å². The molecule has 0 radical (unpaired) electrons. The van der Waals surface area contributed by atoms with Crippen LogP contribution in [0.25, 0.3) is 0 Å². The summed E-state index contributed by atoms with van der Waals surface area (Å²) in [5, 5.41) is 21.2. The zero-order chi connectivity index (χ0) is 29.7. The molecular weight excluding hydrogens is 512 g/mol. The van der Waals surface area contributed by atoms with E-state index in [9.17, 15) is 5.11 Å². The highest BCUT2D eigenvalue weighted by molar-refractivity contribution is 6.42. The third-order valence-electron chi connectivity index (χ3n) is 7.83. The summed E-state index contributed by atoms with van der Waals surface area (Å²) in [7, 11) is 1.46. The van der Waals surface area contributed by atoms with E-state index in [0.29, 0.717) is 18.2 Å². The van der Waals surface area contributed by atoms with Crippen LogP contribution in [-0.4, -0.2) is 65.7 Å². The first-order valence-corrected chi connectivity index (χ1v) is 14.4. The number of halogens is 2. The Bertz CT molecular complexity index is 1020. The third-order valence-corrected chi connectivity index (χ3v) is 7.83. The van der Waals surface area contributed by atoms with Gasteiger partial charge >= 0.3 is 0 Å². The van der Waals surface area contributed by atoms with Crippen LogP contribution < -0.4 is 16.8 Å². The fraction of sp³-hybridized carbons (Fsp3) is 0.667. The quantitative estimate of drug-likeness (QED) is 0.0678. The molecule has 7 N–H and O–H groups in total. The predicted molar refractivity (Wildman–Crippen MR) is 161 cm³/mol. The van der Waals surface area contributed by atoms with Gasteiger partial charge in [-0.05, 0) is 82.1 Å². The molecule has 0 saturated heterocycles. The van der Waals surface area contributed by atoms with Crippen molar-refractivity contribution in [1.82, 2.24) is 10.2 Å². The number of allylic oxidation sites excluding steroid dienone is 2. The van der Waals surface area contributed by atoms with Crippen LogP contribution in [0.1, 0.15) is 78.6 Å². The number of hydrogen-bond acceptors (Lipinski definition) is 6. The van der Waals surface area contributed by atoms with E-state index >= 15 is 8.78 Å². The number of alkyl halides is 2. The van der Waals surface area contributed by atoms with E-state index in [1.807, 2.05) is 0 Å². The van der Waals surface area contributed by atoms with Crippen molar-refractivity contribution < 1.29 is 13.9 Å². The SMILES string of the molecule is CC=C=C/C=C(\C)C(F)(F)CN(CC1CCCCC1)/C(=C\N[C@H](C)C1CCC1)C(N)=NC(=NC)C(=N)CC(N)O. The number of amidine groups is 2. The van der Waals surface area contributed by atoms with Crippen LogP contribution in [0.15, 0.2) is 51.4 Å². The molecule has 0 aromatic carbocycles. The zero-order valence-electron chi connectivity index (χ0n) is 24.6. The Kier molecular flexibility index (Phi) is 13.7. The molecule has 224 valence electrons. The van der Waals surface area contributed by atoms with Gasteiger partial charge in [0.15, 0.2) is 11.7 Å². The van der Waals surface area contributed by atoms with Crippen molar-refractivity contribution in [3.8, 4) is 0 Å². The van der Waals surface area contributed by atoms with Gasteiger partial charge in [0.25, 0.3) is 5.92 Å². The van der Waals surface area contributed by atoms with Crippen LogP contribution in [0.5, 0.6) is 0 Å². The molecule has 2 aliphatic rings. The van der Waals surface area contributed by atoms with E-state index in [2.05, 4.69) is 28.0 Å². The van der Waals surface area contributed by atoms with Crippen molar-refractivity contribution in [2.24, 2.45) is 33.3 Å². The smallest absolute Gasteiger partial charge is 0.286 e. The van der Waals surface area contributed by atoms with Crippen LogP contribution in [0.4, 0.5) is 8.78 Å². The van der Waals surface area contributed by atoms with Gasteiger partial charge in [-0.15, -0.1) is 5.73 Å². The Balaban J connectivity index is 2.51. The van der Waals surface area contributed by atoms with Gasteiger partial charge in [-0.3, -0.25) is 4.99 Å². The molecule has 0 spiro atoms.